The number of aliphatic carboxylic acids is 1. The minimum absolute atomic E-state index is 0.463. The Balaban J connectivity index is 1.88. The molecule has 3 nitrogen and oxygen atoms in total. The first kappa shape index (κ1) is 10.9. The summed E-state index contributed by atoms with van der Waals surface area (Å²) in [6.45, 7) is 3.85. The third-order valence-corrected chi connectivity index (χ3v) is 4.26. The number of hydrogen-bond acceptors (Lipinski definition) is 2. The van der Waals surface area contributed by atoms with E-state index in [1.807, 2.05) is 6.92 Å². The number of piperidine rings is 1. The molecule has 0 atom stereocenters. The van der Waals surface area contributed by atoms with Crippen LogP contribution in [0.5, 0.6) is 0 Å². The molecule has 0 aromatic rings. The number of carboxylic acids is 1. The third-order valence-electron chi connectivity index (χ3n) is 4.26. The second kappa shape index (κ2) is 4.12. The van der Waals surface area contributed by atoms with Crippen molar-refractivity contribution in [2.45, 2.75) is 51.5 Å². The Morgan fingerprint density at radius 2 is 1.80 bits per heavy atom. The van der Waals surface area contributed by atoms with Crippen molar-refractivity contribution in [2.24, 2.45) is 5.41 Å². The molecule has 0 amide bonds. The number of nitrogens with zero attached hydrogens (tertiary/aromatic N) is 1. The van der Waals surface area contributed by atoms with Gasteiger partial charge in [0.1, 0.15) is 0 Å². The summed E-state index contributed by atoms with van der Waals surface area (Å²) >= 11 is 0. The maximum atomic E-state index is 11.1. The van der Waals surface area contributed by atoms with Crippen LogP contribution < -0.4 is 0 Å². The van der Waals surface area contributed by atoms with Crippen molar-refractivity contribution in [1.82, 2.24) is 4.90 Å². The van der Waals surface area contributed by atoms with E-state index >= 15 is 0 Å². The molecule has 1 saturated heterocycles. The van der Waals surface area contributed by atoms with Crippen molar-refractivity contribution in [2.75, 3.05) is 13.1 Å². The Morgan fingerprint density at radius 3 is 2.27 bits per heavy atom. The monoisotopic (exact) mass is 211 g/mol. The van der Waals surface area contributed by atoms with Crippen molar-refractivity contribution in [3.63, 3.8) is 0 Å². The molecule has 0 spiro atoms. The van der Waals surface area contributed by atoms with Gasteiger partial charge in [-0.15, -0.1) is 0 Å². The van der Waals surface area contributed by atoms with E-state index in [2.05, 4.69) is 4.90 Å². The van der Waals surface area contributed by atoms with Gasteiger partial charge in [-0.25, -0.2) is 0 Å². The van der Waals surface area contributed by atoms with Crippen LogP contribution in [0.25, 0.3) is 0 Å². The van der Waals surface area contributed by atoms with E-state index in [-0.39, 0.29) is 0 Å². The Kier molecular flexibility index (Phi) is 3.01. The Bertz CT molecular complexity index is 238. The van der Waals surface area contributed by atoms with Crippen LogP contribution in [0.3, 0.4) is 0 Å². The molecule has 86 valence electrons. The zero-order chi connectivity index (χ0) is 10.9. The summed E-state index contributed by atoms with van der Waals surface area (Å²) in [4.78, 5) is 13.6. The first-order valence-electron chi connectivity index (χ1n) is 6.09. The molecule has 1 aliphatic carbocycles. The van der Waals surface area contributed by atoms with E-state index in [1.165, 1.54) is 25.7 Å². The van der Waals surface area contributed by atoms with Crippen molar-refractivity contribution >= 4 is 5.97 Å². The molecule has 3 heteroatoms. The van der Waals surface area contributed by atoms with Gasteiger partial charge < -0.3 is 10.0 Å². The Hall–Kier alpha value is -0.570. The fraction of sp³-hybridized carbons (Fsp3) is 0.917. The van der Waals surface area contributed by atoms with Crippen LogP contribution >= 0.6 is 0 Å². The number of rotatable bonds is 2. The summed E-state index contributed by atoms with van der Waals surface area (Å²) in [5.41, 5.74) is -0.463. The van der Waals surface area contributed by atoms with Gasteiger partial charge in [0.25, 0.3) is 0 Å². The van der Waals surface area contributed by atoms with E-state index < -0.39 is 11.4 Å². The lowest BCUT2D eigenvalue weighted by molar-refractivity contribution is -0.151. The molecule has 0 radical (unpaired) electrons. The van der Waals surface area contributed by atoms with E-state index in [4.69, 9.17) is 5.11 Å². The van der Waals surface area contributed by atoms with Crippen molar-refractivity contribution in [3.05, 3.63) is 0 Å². The molecule has 2 rings (SSSR count). The lowest BCUT2D eigenvalue weighted by atomic mass is 9.80. The first-order valence-corrected chi connectivity index (χ1v) is 6.09. The minimum Gasteiger partial charge on any atom is -0.481 e. The van der Waals surface area contributed by atoms with Gasteiger partial charge in [-0.3, -0.25) is 4.79 Å². The van der Waals surface area contributed by atoms with Crippen LogP contribution in [-0.4, -0.2) is 35.1 Å². The topological polar surface area (TPSA) is 40.5 Å². The lowest BCUT2D eigenvalue weighted by Crippen LogP contribution is -2.46. The highest BCUT2D eigenvalue weighted by Gasteiger charge is 2.38. The minimum atomic E-state index is -0.617. The van der Waals surface area contributed by atoms with Gasteiger partial charge in [-0.1, -0.05) is 12.8 Å². The quantitative estimate of drug-likeness (QED) is 0.760. The second-order valence-corrected chi connectivity index (χ2v) is 5.34. The van der Waals surface area contributed by atoms with Gasteiger partial charge in [0.05, 0.1) is 5.41 Å². The van der Waals surface area contributed by atoms with E-state index in [1.54, 1.807) is 0 Å². The zero-order valence-electron chi connectivity index (χ0n) is 9.54. The van der Waals surface area contributed by atoms with Crippen LogP contribution in [-0.2, 0) is 4.79 Å². The molecule has 2 fully saturated rings. The van der Waals surface area contributed by atoms with Gasteiger partial charge >= 0.3 is 5.97 Å². The number of carbonyl (C=O) groups is 1. The summed E-state index contributed by atoms with van der Waals surface area (Å²) in [6, 6.07) is 0.753. The highest BCUT2D eigenvalue weighted by Crippen LogP contribution is 2.34. The molecule has 1 N–H and O–H groups in total. The number of carboxylic acid groups (broad SMARTS) is 1. The van der Waals surface area contributed by atoms with Crippen LogP contribution in [0.15, 0.2) is 0 Å². The average molecular weight is 211 g/mol. The summed E-state index contributed by atoms with van der Waals surface area (Å²) in [6.07, 6.45) is 7.00. The highest BCUT2D eigenvalue weighted by molar-refractivity contribution is 5.74. The molecule has 0 aromatic heterocycles. The van der Waals surface area contributed by atoms with E-state index in [9.17, 15) is 4.79 Å². The van der Waals surface area contributed by atoms with Gasteiger partial charge in [0, 0.05) is 6.04 Å². The molecular formula is C12H21NO2. The summed E-state index contributed by atoms with van der Waals surface area (Å²) in [5.74, 6) is -0.617. The molecule has 1 saturated carbocycles. The largest absolute Gasteiger partial charge is 0.481 e. The van der Waals surface area contributed by atoms with Gasteiger partial charge in [-0.05, 0) is 45.7 Å². The van der Waals surface area contributed by atoms with Crippen molar-refractivity contribution in [3.8, 4) is 0 Å². The molecule has 1 aliphatic heterocycles. The average Bonchev–Trinajstić information content (AvgIpc) is 2.72. The molecule has 0 bridgehead atoms. The Morgan fingerprint density at radius 1 is 1.27 bits per heavy atom. The van der Waals surface area contributed by atoms with Gasteiger partial charge in [0.15, 0.2) is 0 Å². The number of likely N-dealkylation sites (tertiary alicyclic amines) is 1. The summed E-state index contributed by atoms with van der Waals surface area (Å²) < 4.78 is 0. The van der Waals surface area contributed by atoms with Gasteiger partial charge in [-0.2, -0.15) is 0 Å². The van der Waals surface area contributed by atoms with Crippen LogP contribution in [0.1, 0.15) is 45.4 Å². The Labute approximate surface area is 91.5 Å². The number of hydrogen-bond donors (Lipinski definition) is 1. The zero-order valence-corrected chi connectivity index (χ0v) is 9.54. The molecule has 1 heterocycles. The lowest BCUT2D eigenvalue weighted by Gasteiger charge is -2.39. The van der Waals surface area contributed by atoms with E-state index in [0.717, 1.165) is 32.0 Å². The second-order valence-electron chi connectivity index (χ2n) is 5.34. The van der Waals surface area contributed by atoms with Crippen molar-refractivity contribution < 1.29 is 9.90 Å². The fourth-order valence-corrected chi connectivity index (χ4v) is 2.87. The standard InChI is InChI=1S/C12H21NO2/c1-12(11(14)15)6-8-13(9-7-12)10-4-2-3-5-10/h10H,2-9H2,1H3,(H,14,15). The maximum absolute atomic E-state index is 11.1. The molecule has 15 heavy (non-hydrogen) atoms. The maximum Gasteiger partial charge on any atom is 0.309 e. The van der Waals surface area contributed by atoms with Crippen LogP contribution in [0, 0.1) is 5.41 Å². The van der Waals surface area contributed by atoms with E-state index in [0.29, 0.717) is 0 Å². The highest BCUT2D eigenvalue weighted by atomic mass is 16.4. The molecule has 0 unspecified atom stereocenters. The normalized spacial score (nSPS) is 28.1. The van der Waals surface area contributed by atoms with Crippen molar-refractivity contribution in [1.29, 1.82) is 0 Å². The first-order chi connectivity index (χ1) is 7.12. The smallest absolute Gasteiger partial charge is 0.309 e. The SMILES string of the molecule is CC1(C(=O)O)CCN(C2CCCC2)CC1. The summed E-state index contributed by atoms with van der Waals surface area (Å²) in [7, 11) is 0. The fourth-order valence-electron chi connectivity index (χ4n) is 2.87. The third kappa shape index (κ3) is 2.17. The molecule has 0 aromatic carbocycles. The predicted octanol–water partition coefficient (Wildman–Crippen LogP) is 2.12. The summed E-state index contributed by atoms with van der Waals surface area (Å²) in [5, 5.41) is 9.13. The van der Waals surface area contributed by atoms with Crippen LogP contribution in [0.2, 0.25) is 0 Å². The van der Waals surface area contributed by atoms with Crippen LogP contribution in [0.4, 0.5) is 0 Å². The molecule has 2 aliphatic rings. The van der Waals surface area contributed by atoms with Gasteiger partial charge in [0.2, 0.25) is 0 Å². The predicted molar refractivity (Wildman–Crippen MR) is 58.8 cm³/mol. The molecular weight excluding hydrogens is 190 g/mol.